The minimum atomic E-state index is 0.0286. The van der Waals surface area contributed by atoms with Crippen LogP contribution in [-0.4, -0.2) is 53.9 Å². The van der Waals surface area contributed by atoms with Crippen molar-refractivity contribution in [3.05, 3.63) is 83.9 Å². The van der Waals surface area contributed by atoms with Crippen molar-refractivity contribution in [2.75, 3.05) is 38.2 Å². The first-order valence-corrected chi connectivity index (χ1v) is 11.5. The Balaban J connectivity index is 1.38. The average Bonchev–Trinajstić information content (AvgIpc) is 3.54. The SMILES string of the molecule is COc1cccc(N2CCN(C(=O)c3cn(-c4ccccc4)nc3-c3cccs3)CC2)c1. The Morgan fingerprint density at radius 1 is 0.938 bits per heavy atom. The number of hydrogen-bond donors (Lipinski definition) is 0. The zero-order chi connectivity index (χ0) is 21.9. The van der Waals surface area contributed by atoms with Crippen LogP contribution in [-0.2, 0) is 0 Å². The van der Waals surface area contributed by atoms with Crippen molar-refractivity contribution in [1.29, 1.82) is 0 Å². The van der Waals surface area contributed by atoms with Gasteiger partial charge in [-0.3, -0.25) is 4.79 Å². The van der Waals surface area contributed by atoms with Crippen LogP contribution in [0.1, 0.15) is 10.4 Å². The number of carbonyl (C=O) groups is 1. The first-order chi connectivity index (χ1) is 15.7. The fourth-order valence-electron chi connectivity index (χ4n) is 3.98. The second-order valence-corrected chi connectivity index (χ2v) is 8.58. The van der Waals surface area contributed by atoms with Crippen LogP contribution in [0.4, 0.5) is 5.69 Å². The van der Waals surface area contributed by atoms with E-state index in [2.05, 4.69) is 11.0 Å². The number of carbonyl (C=O) groups excluding carboxylic acids is 1. The number of ether oxygens (including phenoxy) is 1. The third-order valence-corrected chi connectivity index (χ3v) is 6.58. The summed E-state index contributed by atoms with van der Waals surface area (Å²) in [5.41, 5.74) is 3.44. The van der Waals surface area contributed by atoms with E-state index >= 15 is 0 Å². The summed E-state index contributed by atoms with van der Waals surface area (Å²) in [6, 6.07) is 22.0. The topological polar surface area (TPSA) is 50.6 Å². The smallest absolute Gasteiger partial charge is 0.257 e. The Hall–Kier alpha value is -3.58. The molecule has 0 aliphatic carbocycles. The van der Waals surface area contributed by atoms with Crippen LogP contribution in [0.5, 0.6) is 5.75 Å². The van der Waals surface area contributed by atoms with Gasteiger partial charge >= 0.3 is 0 Å². The molecule has 1 aliphatic heterocycles. The second kappa shape index (κ2) is 8.88. The molecule has 5 rings (SSSR count). The van der Waals surface area contributed by atoms with E-state index in [1.165, 1.54) is 0 Å². The fraction of sp³-hybridized carbons (Fsp3) is 0.200. The first-order valence-electron chi connectivity index (χ1n) is 10.6. The summed E-state index contributed by atoms with van der Waals surface area (Å²) < 4.78 is 7.15. The Morgan fingerprint density at radius 3 is 2.44 bits per heavy atom. The van der Waals surface area contributed by atoms with Gasteiger partial charge in [0.15, 0.2) is 0 Å². The van der Waals surface area contributed by atoms with Crippen LogP contribution >= 0.6 is 11.3 Å². The predicted molar refractivity (Wildman–Crippen MR) is 128 cm³/mol. The first kappa shape index (κ1) is 20.3. The second-order valence-electron chi connectivity index (χ2n) is 7.63. The standard InChI is InChI=1S/C25H24N4O2S/c1-31-21-10-5-9-20(17-21)27-12-14-28(15-13-27)25(30)22-18-29(19-7-3-2-4-8-19)26-24(22)23-11-6-16-32-23/h2-11,16-18H,12-15H2,1H3. The maximum Gasteiger partial charge on any atom is 0.257 e. The Kier molecular flexibility index (Phi) is 5.64. The van der Waals surface area contributed by atoms with Crippen molar-refractivity contribution in [3.8, 4) is 22.0 Å². The van der Waals surface area contributed by atoms with E-state index in [4.69, 9.17) is 9.84 Å². The number of rotatable bonds is 5. The summed E-state index contributed by atoms with van der Waals surface area (Å²) in [5.74, 6) is 0.871. The van der Waals surface area contributed by atoms with Crippen molar-refractivity contribution in [3.63, 3.8) is 0 Å². The van der Waals surface area contributed by atoms with Gasteiger partial charge in [0.05, 0.1) is 23.2 Å². The molecule has 0 bridgehead atoms. The van der Waals surface area contributed by atoms with E-state index in [1.54, 1.807) is 23.1 Å². The molecule has 0 unspecified atom stereocenters. The van der Waals surface area contributed by atoms with E-state index in [0.29, 0.717) is 18.7 Å². The van der Waals surface area contributed by atoms with E-state index in [9.17, 15) is 4.79 Å². The van der Waals surface area contributed by atoms with Gasteiger partial charge in [-0.2, -0.15) is 5.10 Å². The van der Waals surface area contributed by atoms with E-state index in [-0.39, 0.29) is 5.91 Å². The van der Waals surface area contributed by atoms with Gasteiger partial charge in [-0.25, -0.2) is 4.68 Å². The van der Waals surface area contributed by atoms with Gasteiger partial charge in [-0.15, -0.1) is 11.3 Å². The van der Waals surface area contributed by atoms with Crippen molar-refractivity contribution in [2.24, 2.45) is 0 Å². The van der Waals surface area contributed by atoms with Gasteiger partial charge in [0.25, 0.3) is 5.91 Å². The van der Waals surface area contributed by atoms with E-state index in [0.717, 1.165) is 40.8 Å². The van der Waals surface area contributed by atoms with Crippen LogP contribution in [0.15, 0.2) is 78.3 Å². The Morgan fingerprint density at radius 2 is 1.72 bits per heavy atom. The van der Waals surface area contributed by atoms with Crippen LogP contribution in [0.2, 0.25) is 0 Å². The molecule has 2 aromatic heterocycles. The normalized spacial score (nSPS) is 13.9. The fourth-order valence-corrected chi connectivity index (χ4v) is 4.71. The molecule has 6 nitrogen and oxygen atoms in total. The summed E-state index contributed by atoms with van der Waals surface area (Å²) in [6.07, 6.45) is 1.86. The molecule has 1 fully saturated rings. The Labute approximate surface area is 191 Å². The van der Waals surface area contributed by atoms with Gasteiger partial charge in [-0.1, -0.05) is 30.3 Å². The number of aromatic nitrogens is 2. The highest BCUT2D eigenvalue weighted by Gasteiger charge is 2.27. The lowest BCUT2D eigenvalue weighted by molar-refractivity contribution is 0.0747. The molecular formula is C25H24N4O2S. The molecular weight excluding hydrogens is 420 g/mol. The Bertz CT molecular complexity index is 1200. The number of methoxy groups -OCH3 is 1. The molecule has 0 atom stereocenters. The lowest BCUT2D eigenvalue weighted by Crippen LogP contribution is -2.48. The summed E-state index contributed by atoms with van der Waals surface area (Å²) >= 11 is 1.60. The van der Waals surface area contributed by atoms with E-state index < -0.39 is 0 Å². The van der Waals surface area contributed by atoms with Crippen LogP contribution in [0.3, 0.4) is 0 Å². The quantitative estimate of drug-likeness (QED) is 0.452. The monoisotopic (exact) mass is 444 g/mol. The molecule has 32 heavy (non-hydrogen) atoms. The highest BCUT2D eigenvalue weighted by molar-refractivity contribution is 7.13. The van der Waals surface area contributed by atoms with Gasteiger partial charge in [-0.05, 0) is 35.7 Å². The highest BCUT2D eigenvalue weighted by Crippen LogP contribution is 2.29. The summed E-state index contributed by atoms with van der Waals surface area (Å²) in [5, 5.41) is 6.79. The average molecular weight is 445 g/mol. The molecule has 1 amide bonds. The van der Waals surface area contributed by atoms with Gasteiger partial charge in [0.2, 0.25) is 0 Å². The molecule has 4 aromatic rings. The predicted octanol–water partition coefficient (Wildman–Crippen LogP) is 4.57. The molecule has 3 heterocycles. The summed E-state index contributed by atoms with van der Waals surface area (Å²) in [7, 11) is 1.68. The van der Waals surface area contributed by atoms with Crippen molar-refractivity contribution in [2.45, 2.75) is 0 Å². The summed E-state index contributed by atoms with van der Waals surface area (Å²) in [6.45, 7) is 2.88. The summed E-state index contributed by atoms with van der Waals surface area (Å²) in [4.78, 5) is 18.8. The zero-order valence-electron chi connectivity index (χ0n) is 17.8. The van der Waals surface area contributed by atoms with E-state index in [1.807, 2.05) is 77.1 Å². The van der Waals surface area contributed by atoms with Crippen molar-refractivity contribution < 1.29 is 9.53 Å². The van der Waals surface area contributed by atoms with Crippen LogP contribution in [0.25, 0.3) is 16.3 Å². The molecule has 0 spiro atoms. The third kappa shape index (κ3) is 3.99. The third-order valence-electron chi connectivity index (χ3n) is 5.71. The van der Waals surface area contributed by atoms with Crippen LogP contribution < -0.4 is 9.64 Å². The van der Waals surface area contributed by atoms with Gasteiger partial charge in [0.1, 0.15) is 11.4 Å². The van der Waals surface area contributed by atoms with Crippen molar-refractivity contribution >= 4 is 22.9 Å². The molecule has 7 heteroatoms. The molecule has 0 radical (unpaired) electrons. The maximum atomic E-state index is 13.5. The van der Waals surface area contributed by atoms with Crippen LogP contribution in [0, 0.1) is 0 Å². The number of benzene rings is 2. The number of thiophene rings is 1. The lowest BCUT2D eigenvalue weighted by Gasteiger charge is -2.36. The van der Waals surface area contributed by atoms with Crippen molar-refractivity contribution in [1.82, 2.24) is 14.7 Å². The molecule has 0 saturated carbocycles. The number of amides is 1. The largest absolute Gasteiger partial charge is 0.497 e. The number of para-hydroxylation sites is 1. The molecule has 162 valence electrons. The molecule has 1 saturated heterocycles. The minimum Gasteiger partial charge on any atom is -0.497 e. The minimum absolute atomic E-state index is 0.0286. The maximum absolute atomic E-state index is 13.5. The lowest BCUT2D eigenvalue weighted by atomic mass is 10.1. The molecule has 2 aromatic carbocycles. The molecule has 0 N–H and O–H groups in total. The number of piperazine rings is 1. The highest BCUT2D eigenvalue weighted by atomic mass is 32.1. The zero-order valence-corrected chi connectivity index (χ0v) is 18.7. The van der Waals surface area contributed by atoms with Gasteiger partial charge in [0, 0.05) is 44.1 Å². The van der Waals surface area contributed by atoms with Gasteiger partial charge < -0.3 is 14.5 Å². The number of anilines is 1. The number of nitrogens with zero attached hydrogens (tertiary/aromatic N) is 4. The number of hydrogen-bond acceptors (Lipinski definition) is 5. The molecule has 1 aliphatic rings.